The molecule has 3 rings (SSSR count). The topological polar surface area (TPSA) is 111 Å². The summed E-state index contributed by atoms with van der Waals surface area (Å²) in [6, 6.07) is 1.36. The quantitative estimate of drug-likeness (QED) is 0.581. The Morgan fingerprint density at radius 2 is 1.96 bits per heavy atom. The second kappa shape index (κ2) is 6.25. The second-order valence-corrected chi connectivity index (χ2v) is 6.09. The highest BCUT2D eigenvalue weighted by molar-refractivity contribution is 7.71. The predicted octanol–water partition coefficient (Wildman–Crippen LogP) is 1.12. The van der Waals surface area contributed by atoms with E-state index in [1.165, 1.54) is 13.0 Å². The van der Waals surface area contributed by atoms with Crippen LogP contribution in [0.15, 0.2) is 6.07 Å². The number of pyridine rings is 1. The number of rotatable bonds is 2. The van der Waals surface area contributed by atoms with Crippen molar-refractivity contribution in [1.29, 1.82) is 0 Å². The zero-order valence-corrected chi connectivity index (χ0v) is 13.6. The van der Waals surface area contributed by atoms with Crippen LogP contribution in [0, 0.1) is 11.6 Å². The minimum Gasteiger partial charge on any atom is -0.394 e. The number of halogens is 3. The van der Waals surface area contributed by atoms with Crippen molar-refractivity contribution in [3.8, 4) is 11.5 Å². The normalized spacial score (nSPS) is 27.2. The van der Waals surface area contributed by atoms with E-state index in [2.05, 4.69) is 15.0 Å². The monoisotopic (exact) mass is 377 g/mol. The highest BCUT2D eigenvalue weighted by atomic mass is 32.1. The molecule has 0 saturated carbocycles. The molecule has 0 aromatic heterocycles. The Morgan fingerprint density at radius 3 is 2.52 bits per heavy atom. The van der Waals surface area contributed by atoms with Gasteiger partial charge in [0.25, 0.3) is 0 Å². The smallest absolute Gasteiger partial charge is 0.394 e. The Hall–Kier alpha value is -1.66. The highest BCUT2D eigenvalue weighted by Gasteiger charge is 2.44. The van der Waals surface area contributed by atoms with Gasteiger partial charge >= 0.3 is 6.18 Å². The minimum atomic E-state index is -4.61. The Labute approximate surface area is 144 Å². The minimum absolute atomic E-state index is 0.0997. The third-order valence-corrected chi connectivity index (χ3v) is 4.35. The molecule has 0 spiro atoms. The molecule has 0 aliphatic carbocycles. The van der Waals surface area contributed by atoms with Crippen molar-refractivity contribution in [2.24, 2.45) is 0 Å². The number of alkyl halides is 3. The van der Waals surface area contributed by atoms with Gasteiger partial charge in [0.05, 0.1) is 12.3 Å². The van der Waals surface area contributed by atoms with E-state index >= 15 is 0 Å². The molecule has 3 heterocycles. The summed E-state index contributed by atoms with van der Waals surface area (Å²) in [5, 5.41) is 29.0. The lowest BCUT2D eigenvalue weighted by Gasteiger charge is -2.18. The molecule has 1 saturated heterocycles. The first-order valence-electron chi connectivity index (χ1n) is 7.24. The third-order valence-electron chi connectivity index (χ3n) is 4.02. The zero-order valence-electron chi connectivity index (χ0n) is 12.8. The van der Waals surface area contributed by atoms with Gasteiger partial charge in [0.15, 0.2) is 5.82 Å². The predicted molar refractivity (Wildman–Crippen MR) is 80.3 cm³/mol. The standard InChI is InChI=1S/C14H14F3N3O4S/c1-4-11(14(15,16)17)19-12-6(18-4)2-5(13(25)20-12)10-9(23)8(22)7(3-21)24-10/h2,7-10,21-23H,3H2,1H3,(H,19,20,25)/t7-,8?,9+,10+/m1/s1. The summed E-state index contributed by atoms with van der Waals surface area (Å²) in [5.41, 5.74) is -0.995. The summed E-state index contributed by atoms with van der Waals surface area (Å²) in [5.74, 6) is -0.154. The van der Waals surface area contributed by atoms with Gasteiger partial charge in [-0.2, -0.15) is 13.2 Å². The lowest BCUT2D eigenvalue weighted by atomic mass is 10.0. The fraction of sp³-hybridized carbons (Fsp3) is 0.500. The van der Waals surface area contributed by atoms with Gasteiger partial charge in [0.1, 0.15) is 40.4 Å². The van der Waals surface area contributed by atoms with Crippen molar-refractivity contribution < 1.29 is 33.2 Å². The van der Waals surface area contributed by atoms with Gasteiger partial charge in [0.2, 0.25) is 0 Å². The molecule has 25 heavy (non-hydrogen) atoms. The first kappa shape index (κ1) is 18.1. The number of hydrogen-bond donors (Lipinski definition) is 4. The van der Waals surface area contributed by atoms with E-state index < -0.39 is 42.9 Å². The average molecular weight is 377 g/mol. The maximum Gasteiger partial charge on any atom is 0.433 e. The summed E-state index contributed by atoms with van der Waals surface area (Å²) in [6.07, 6.45) is -9.37. The molecule has 0 amide bonds. The summed E-state index contributed by atoms with van der Waals surface area (Å²) >= 11 is 5.08. The molecule has 4 N–H and O–H groups in total. The Balaban J connectivity index is 2.10. The summed E-state index contributed by atoms with van der Waals surface area (Å²) in [7, 11) is 0. The maximum absolute atomic E-state index is 12.9. The summed E-state index contributed by atoms with van der Waals surface area (Å²) in [4.78, 5) is 9.97. The molecule has 0 aromatic rings. The largest absolute Gasteiger partial charge is 0.433 e. The summed E-state index contributed by atoms with van der Waals surface area (Å²) < 4.78 is 44.1. The molecule has 136 valence electrons. The van der Waals surface area contributed by atoms with E-state index in [1.54, 1.807) is 0 Å². The fourth-order valence-corrected chi connectivity index (χ4v) is 3.03. The first-order chi connectivity index (χ1) is 11.6. The number of nitrogens with one attached hydrogen (secondary N) is 1. The van der Waals surface area contributed by atoms with Crippen LogP contribution in [0.4, 0.5) is 13.2 Å². The van der Waals surface area contributed by atoms with Gasteiger partial charge in [0, 0.05) is 5.56 Å². The number of H-pyrrole nitrogens is 1. The molecular formula is C14H14F3N3O4S. The molecule has 11 heteroatoms. The number of aliphatic hydroxyl groups is 3. The van der Waals surface area contributed by atoms with Crippen LogP contribution < -0.4 is 0 Å². The van der Waals surface area contributed by atoms with Crippen LogP contribution in [0.1, 0.15) is 23.1 Å². The van der Waals surface area contributed by atoms with Crippen LogP contribution in [-0.2, 0) is 10.9 Å². The number of aromatic amines is 1. The van der Waals surface area contributed by atoms with Crippen LogP contribution in [0.25, 0.3) is 11.5 Å². The first-order valence-corrected chi connectivity index (χ1v) is 7.65. The number of aliphatic hydroxyl groups excluding tert-OH is 3. The van der Waals surface area contributed by atoms with Gasteiger partial charge in [-0.25, -0.2) is 9.97 Å². The van der Waals surface area contributed by atoms with Crippen molar-refractivity contribution in [3.05, 3.63) is 27.7 Å². The highest BCUT2D eigenvalue weighted by Crippen LogP contribution is 2.36. The Kier molecular flexibility index (Phi) is 4.54. The Morgan fingerprint density at radius 1 is 1.28 bits per heavy atom. The van der Waals surface area contributed by atoms with Crippen LogP contribution in [0.5, 0.6) is 0 Å². The number of fused-ring (bicyclic) bond motifs is 1. The van der Waals surface area contributed by atoms with E-state index in [0.717, 1.165) is 0 Å². The van der Waals surface area contributed by atoms with Crippen LogP contribution in [0.2, 0.25) is 0 Å². The van der Waals surface area contributed by atoms with Crippen molar-refractivity contribution in [1.82, 2.24) is 15.0 Å². The molecule has 1 unspecified atom stereocenters. The maximum atomic E-state index is 12.9. The number of aryl methyl sites for hydroxylation is 1. The van der Waals surface area contributed by atoms with Gasteiger partial charge < -0.3 is 25.0 Å². The molecule has 3 aliphatic rings. The molecule has 0 bridgehead atoms. The molecule has 7 nitrogen and oxygen atoms in total. The van der Waals surface area contributed by atoms with Crippen molar-refractivity contribution >= 4 is 12.2 Å². The number of aromatic nitrogens is 3. The molecule has 0 radical (unpaired) electrons. The molecule has 4 atom stereocenters. The average Bonchev–Trinajstić information content (AvgIpc) is 2.81. The lowest BCUT2D eigenvalue weighted by molar-refractivity contribution is -0.141. The van der Waals surface area contributed by atoms with E-state index in [9.17, 15) is 23.4 Å². The Bertz CT molecular complexity index is 828. The van der Waals surface area contributed by atoms with Crippen LogP contribution in [-0.4, -0.2) is 55.2 Å². The van der Waals surface area contributed by atoms with Gasteiger partial charge in [-0.05, 0) is 13.0 Å². The second-order valence-electron chi connectivity index (χ2n) is 5.70. The number of ether oxygens (including phenoxy) is 1. The molecule has 3 aliphatic heterocycles. The molecular weight excluding hydrogens is 363 g/mol. The van der Waals surface area contributed by atoms with E-state index in [-0.39, 0.29) is 27.4 Å². The fourth-order valence-electron chi connectivity index (χ4n) is 2.76. The molecule has 1 fully saturated rings. The van der Waals surface area contributed by atoms with E-state index in [4.69, 9.17) is 22.1 Å². The SMILES string of the molecule is Cc1nc2cc([C@@H]3O[C@H](CO)C(O)[C@@H]3O)c(=S)nc-2[nH]c1C(F)(F)F. The van der Waals surface area contributed by atoms with E-state index in [1.807, 2.05) is 0 Å². The van der Waals surface area contributed by atoms with Gasteiger partial charge in [-0.15, -0.1) is 0 Å². The number of nitrogens with zero attached hydrogens (tertiary/aromatic N) is 2. The van der Waals surface area contributed by atoms with Crippen LogP contribution >= 0.6 is 12.2 Å². The number of hydrogen-bond acceptors (Lipinski definition) is 7. The van der Waals surface area contributed by atoms with Crippen molar-refractivity contribution in [3.63, 3.8) is 0 Å². The van der Waals surface area contributed by atoms with Crippen molar-refractivity contribution in [2.45, 2.75) is 37.5 Å². The molecule has 0 aromatic carbocycles. The summed E-state index contributed by atoms with van der Waals surface area (Å²) in [6.45, 7) is 0.690. The van der Waals surface area contributed by atoms with E-state index in [0.29, 0.717) is 0 Å². The van der Waals surface area contributed by atoms with Crippen LogP contribution in [0.3, 0.4) is 0 Å². The zero-order chi connectivity index (χ0) is 18.5. The van der Waals surface area contributed by atoms with Crippen molar-refractivity contribution in [2.75, 3.05) is 6.61 Å². The lowest BCUT2D eigenvalue weighted by Crippen LogP contribution is -2.32. The third kappa shape index (κ3) is 3.13. The van der Waals surface area contributed by atoms with Gasteiger partial charge in [-0.1, -0.05) is 12.2 Å². The van der Waals surface area contributed by atoms with Gasteiger partial charge in [-0.3, -0.25) is 0 Å².